The Morgan fingerprint density at radius 1 is 1.53 bits per heavy atom. The van der Waals surface area contributed by atoms with Gasteiger partial charge in [0.25, 0.3) is 0 Å². The topological polar surface area (TPSA) is 64.4 Å². The number of aryl methyl sites for hydroxylation is 2. The molecule has 0 aromatic carbocycles. The van der Waals surface area contributed by atoms with Gasteiger partial charge in [-0.05, 0) is 20.8 Å². The number of hydrogen-bond donors (Lipinski definition) is 1. The van der Waals surface area contributed by atoms with Crippen molar-refractivity contribution in [3.63, 3.8) is 0 Å². The van der Waals surface area contributed by atoms with Crippen molar-refractivity contribution in [3.05, 3.63) is 17.3 Å². The summed E-state index contributed by atoms with van der Waals surface area (Å²) in [6.07, 6.45) is 0. The lowest BCUT2D eigenvalue weighted by Crippen LogP contribution is -2.27. The molecule has 0 fully saturated rings. The minimum Gasteiger partial charge on any atom is -0.466 e. The Morgan fingerprint density at radius 2 is 2.24 bits per heavy atom. The molecule has 0 spiro atoms. The van der Waals surface area contributed by atoms with Crippen LogP contribution in [0.15, 0.2) is 4.42 Å². The molecule has 1 unspecified atom stereocenters. The van der Waals surface area contributed by atoms with Gasteiger partial charge in [-0.2, -0.15) is 0 Å². The van der Waals surface area contributed by atoms with Gasteiger partial charge < -0.3 is 14.5 Å². The van der Waals surface area contributed by atoms with E-state index in [1.54, 1.807) is 6.92 Å². The smallest absolute Gasteiger partial charge is 0.309 e. The molecule has 1 aromatic rings. The van der Waals surface area contributed by atoms with E-state index in [1.165, 1.54) is 0 Å². The van der Waals surface area contributed by atoms with Crippen LogP contribution in [-0.4, -0.2) is 24.1 Å². The number of hydrogen-bond acceptors (Lipinski definition) is 5. The van der Waals surface area contributed by atoms with E-state index < -0.39 is 0 Å². The van der Waals surface area contributed by atoms with Crippen molar-refractivity contribution in [3.8, 4) is 0 Å². The molecule has 0 aliphatic heterocycles. The van der Waals surface area contributed by atoms with Crippen molar-refractivity contribution in [2.75, 3.05) is 13.2 Å². The number of carbonyl (C=O) groups excluding carboxylic acids is 1. The highest BCUT2D eigenvalue weighted by atomic mass is 16.5. The van der Waals surface area contributed by atoms with Gasteiger partial charge in [0.1, 0.15) is 5.76 Å². The third kappa shape index (κ3) is 4.19. The van der Waals surface area contributed by atoms with Crippen molar-refractivity contribution in [2.45, 2.75) is 34.2 Å². The first kappa shape index (κ1) is 13.7. The molecule has 5 nitrogen and oxygen atoms in total. The zero-order valence-corrected chi connectivity index (χ0v) is 10.9. The molecule has 96 valence electrons. The summed E-state index contributed by atoms with van der Waals surface area (Å²) in [5.41, 5.74) is 0.903. The Bertz CT molecular complexity index is 354. The molecule has 1 rings (SSSR count). The van der Waals surface area contributed by atoms with Crippen molar-refractivity contribution in [2.24, 2.45) is 5.92 Å². The maximum Gasteiger partial charge on any atom is 0.309 e. The fourth-order valence-corrected chi connectivity index (χ4v) is 1.38. The van der Waals surface area contributed by atoms with Crippen LogP contribution in [-0.2, 0) is 16.1 Å². The summed E-state index contributed by atoms with van der Waals surface area (Å²) in [6, 6.07) is 0. The number of nitrogens with zero attached hydrogens (tertiary/aromatic N) is 1. The highest BCUT2D eigenvalue weighted by Crippen LogP contribution is 2.07. The number of carbonyl (C=O) groups is 1. The number of esters is 1. The molecule has 0 bridgehead atoms. The van der Waals surface area contributed by atoms with E-state index in [1.807, 2.05) is 20.8 Å². The van der Waals surface area contributed by atoms with Crippen molar-refractivity contribution >= 4 is 5.97 Å². The Morgan fingerprint density at radius 3 is 2.76 bits per heavy atom. The van der Waals surface area contributed by atoms with Crippen molar-refractivity contribution in [1.29, 1.82) is 0 Å². The van der Waals surface area contributed by atoms with Crippen LogP contribution >= 0.6 is 0 Å². The SMILES string of the molecule is CCOC(=O)C(C)CNCc1nc(C)c(C)o1. The number of oxazole rings is 1. The maximum absolute atomic E-state index is 11.3. The summed E-state index contributed by atoms with van der Waals surface area (Å²) in [5.74, 6) is 1.14. The zero-order valence-electron chi connectivity index (χ0n) is 10.9. The van der Waals surface area contributed by atoms with Crippen LogP contribution in [0.2, 0.25) is 0 Å². The first-order valence-electron chi connectivity index (χ1n) is 5.84. The number of rotatable bonds is 6. The van der Waals surface area contributed by atoms with Gasteiger partial charge in [0.15, 0.2) is 0 Å². The molecule has 1 heterocycles. The van der Waals surface area contributed by atoms with Crippen LogP contribution in [0.5, 0.6) is 0 Å². The molecular formula is C12H20N2O3. The molecular weight excluding hydrogens is 220 g/mol. The van der Waals surface area contributed by atoms with E-state index in [0.29, 0.717) is 25.6 Å². The summed E-state index contributed by atoms with van der Waals surface area (Å²) >= 11 is 0. The van der Waals surface area contributed by atoms with E-state index in [0.717, 1.165) is 11.5 Å². The maximum atomic E-state index is 11.3. The van der Waals surface area contributed by atoms with Crippen LogP contribution in [0.1, 0.15) is 31.2 Å². The van der Waals surface area contributed by atoms with Gasteiger partial charge >= 0.3 is 5.97 Å². The van der Waals surface area contributed by atoms with Crippen molar-refractivity contribution in [1.82, 2.24) is 10.3 Å². The predicted molar refractivity (Wildman–Crippen MR) is 63.5 cm³/mol. The highest BCUT2D eigenvalue weighted by molar-refractivity contribution is 5.72. The average Bonchev–Trinajstić information content (AvgIpc) is 2.58. The molecule has 0 amide bonds. The molecule has 0 aliphatic rings. The third-order valence-corrected chi connectivity index (χ3v) is 2.49. The average molecular weight is 240 g/mol. The standard InChI is InChI=1S/C12H20N2O3/c1-5-16-12(15)8(2)6-13-7-11-14-9(3)10(4)17-11/h8,13H,5-7H2,1-4H3. The third-order valence-electron chi connectivity index (χ3n) is 2.49. The van der Waals surface area contributed by atoms with Gasteiger partial charge in [0.05, 0.1) is 24.8 Å². The Kier molecular flexibility index (Phi) is 5.15. The second-order valence-electron chi connectivity index (χ2n) is 4.03. The van der Waals surface area contributed by atoms with Gasteiger partial charge in [-0.15, -0.1) is 0 Å². The first-order chi connectivity index (χ1) is 8.04. The monoisotopic (exact) mass is 240 g/mol. The van der Waals surface area contributed by atoms with Gasteiger partial charge in [-0.25, -0.2) is 4.98 Å². The molecule has 0 radical (unpaired) electrons. The van der Waals surface area contributed by atoms with Gasteiger partial charge in [-0.3, -0.25) is 4.79 Å². The minimum atomic E-state index is -0.181. The highest BCUT2D eigenvalue weighted by Gasteiger charge is 2.13. The van der Waals surface area contributed by atoms with Crippen LogP contribution < -0.4 is 5.32 Å². The molecule has 0 saturated heterocycles. The molecule has 1 aromatic heterocycles. The Hall–Kier alpha value is -1.36. The molecule has 0 saturated carbocycles. The van der Waals surface area contributed by atoms with Gasteiger partial charge in [-0.1, -0.05) is 6.92 Å². The fraction of sp³-hybridized carbons (Fsp3) is 0.667. The molecule has 17 heavy (non-hydrogen) atoms. The van der Waals surface area contributed by atoms with Crippen LogP contribution in [0, 0.1) is 19.8 Å². The molecule has 1 atom stereocenters. The molecule has 1 N–H and O–H groups in total. The second kappa shape index (κ2) is 6.39. The lowest BCUT2D eigenvalue weighted by Gasteiger charge is -2.10. The van der Waals surface area contributed by atoms with E-state index in [9.17, 15) is 4.79 Å². The van der Waals surface area contributed by atoms with E-state index in [2.05, 4.69) is 10.3 Å². The fourth-order valence-electron chi connectivity index (χ4n) is 1.38. The van der Waals surface area contributed by atoms with E-state index in [4.69, 9.17) is 9.15 Å². The minimum absolute atomic E-state index is 0.160. The van der Waals surface area contributed by atoms with Gasteiger partial charge in [0.2, 0.25) is 5.89 Å². The Balaban J connectivity index is 2.30. The lowest BCUT2D eigenvalue weighted by molar-refractivity contribution is -0.147. The van der Waals surface area contributed by atoms with Crippen molar-refractivity contribution < 1.29 is 13.9 Å². The summed E-state index contributed by atoms with van der Waals surface area (Å²) in [6.45, 7) is 8.92. The first-order valence-corrected chi connectivity index (χ1v) is 5.84. The summed E-state index contributed by atoms with van der Waals surface area (Å²) < 4.78 is 10.3. The number of nitrogens with one attached hydrogen (secondary N) is 1. The van der Waals surface area contributed by atoms with Crippen LogP contribution in [0.25, 0.3) is 0 Å². The summed E-state index contributed by atoms with van der Waals surface area (Å²) in [4.78, 5) is 15.6. The molecule has 0 aliphatic carbocycles. The van der Waals surface area contributed by atoms with E-state index in [-0.39, 0.29) is 11.9 Å². The lowest BCUT2D eigenvalue weighted by atomic mass is 10.2. The normalized spacial score (nSPS) is 12.5. The quantitative estimate of drug-likeness (QED) is 0.765. The zero-order chi connectivity index (χ0) is 12.8. The van der Waals surface area contributed by atoms with Crippen LogP contribution in [0.4, 0.5) is 0 Å². The van der Waals surface area contributed by atoms with Gasteiger partial charge in [0, 0.05) is 6.54 Å². The van der Waals surface area contributed by atoms with Crippen LogP contribution in [0.3, 0.4) is 0 Å². The predicted octanol–water partition coefficient (Wildman–Crippen LogP) is 1.58. The largest absolute Gasteiger partial charge is 0.466 e. The number of aromatic nitrogens is 1. The Labute approximate surface area is 102 Å². The molecule has 5 heteroatoms. The summed E-state index contributed by atoms with van der Waals surface area (Å²) in [5, 5.41) is 3.12. The number of ether oxygens (including phenoxy) is 1. The second-order valence-corrected chi connectivity index (χ2v) is 4.03. The summed E-state index contributed by atoms with van der Waals surface area (Å²) in [7, 11) is 0. The van der Waals surface area contributed by atoms with E-state index >= 15 is 0 Å².